The molecule has 12 heavy (non-hydrogen) atoms. The van der Waals surface area contributed by atoms with Crippen LogP contribution in [0, 0.1) is 0 Å². The molecule has 0 amide bonds. The minimum Gasteiger partial charge on any atom is -0.392 e. The molecule has 0 heterocycles. The number of hydrogen-bond acceptors (Lipinski definition) is 3. The predicted octanol–water partition coefficient (Wildman–Crippen LogP) is 0.526. The van der Waals surface area contributed by atoms with E-state index >= 15 is 0 Å². The van der Waals surface area contributed by atoms with Crippen molar-refractivity contribution in [1.29, 1.82) is 0 Å². The van der Waals surface area contributed by atoms with E-state index in [1.54, 1.807) is 7.11 Å². The van der Waals surface area contributed by atoms with Crippen LogP contribution in [0.1, 0.15) is 25.7 Å². The van der Waals surface area contributed by atoms with Crippen LogP contribution in [-0.4, -0.2) is 37.5 Å². The Morgan fingerprint density at radius 2 is 2.17 bits per heavy atom. The summed E-state index contributed by atoms with van der Waals surface area (Å²) in [5.41, 5.74) is 0. The lowest BCUT2D eigenvalue weighted by molar-refractivity contribution is 0.0857. The monoisotopic (exact) mass is 173 g/mol. The number of aliphatic hydroxyl groups is 1. The highest BCUT2D eigenvalue weighted by Gasteiger charge is 2.21. The second-order valence-corrected chi connectivity index (χ2v) is 3.41. The Balaban J connectivity index is 2.11. The van der Waals surface area contributed by atoms with Gasteiger partial charge in [-0.2, -0.15) is 0 Å². The SMILES string of the molecule is COCCN[C@H]1CCCC[C@@H]1O. The topological polar surface area (TPSA) is 41.5 Å². The molecule has 0 aromatic carbocycles. The third-order valence-electron chi connectivity index (χ3n) is 2.44. The standard InChI is InChI=1S/C9H19NO2/c1-12-7-6-10-8-4-2-3-5-9(8)11/h8-11H,2-7H2,1H3/t8-,9-/m0/s1. The van der Waals surface area contributed by atoms with Crippen molar-refractivity contribution in [1.82, 2.24) is 5.32 Å². The molecular formula is C9H19NO2. The molecule has 0 radical (unpaired) electrons. The quantitative estimate of drug-likeness (QED) is 0.609. The number of ether oxygens (including phenoxy) is 1. The minimum absolute atomic E-state index is 0.143. The van der Waals surface area contributed by atoms with E-state index in [2.05, 4.69) is 5.32 Å². The van der Waals surface area contributed by atoms with Gasteiger partial charge in [0.05, 0.1) is 12.7 Å². The zero-order valence-corrected chi connectivity index (χ0v) is 7.75. The Morgan fingerprint density at radius 3 is 2.83 bits per heavy atom. The predicted molar refractivity (Wildman–Crippen MR) is 48.1 cm³/mol. The van der Waals surface area contributed by atoms with E-state index in [-0.39, 0.29) is 6.10 Å². The molecule has 1 saturated carbocycles. The molecule has 0 unspecified atom stereocenters. The van der Waals surface area contributed by atoms with E-state index in [1.807, 2.05) is 0 Å². The average Bonchev–Trinajstić information content (AvgIpc) is 2.09. The van der Waals surface area contributed by atoms with Crippen molar-refractivity contribution in [3.63, 3.8) is 0 Å². The van der Waals surface area contributed by atoms with Gasteiger partial charge >= 0.3 is 0 Å². The van der Waals surface area contributed by atoms with E-state index in [4.69, 9.17) is 4.74 Å². The molecule has 1 aliphatic rings. The minimum atomic E-state index is -0.143. The van der Waals surface area contributed by atoms with Crippen LogP contribution in [0.2, 0.25) is 0 Å². The summed E-state index contributed by atoms with van der Waals surface area (Å²) in [5.74, 6) is 0. The summed E-state index contributed by atoms with van der Waals surface area (Å²) in [4.78, 5) is 0. The maximum Gasteiger partial charge on any atom is 0.0693 e. The number of nitrogens with one attached hydrogen (secondary N) is 1. The molecule has 0 aromatic heterocycles. The van der Waals surface area contributed by atoms with E-state index in [0.29, 0.717) is 6.04 Å². The Hall–Kier alpha value is -0.120. The number of methoxy groups -OCH3 is 1. The molecule has 72 valence electrons. The lowest BCUT2D eigenvalue weighted by Crippen LogP contribution is -2.43. The molecule has 0 aromatic rings. The third kappa shape index (κ3) is 3.09. The van der Waals surface area contributed by atoms with Gasteiger partial charge in [0.15, 0.2) is 0 Å². The molecule has 0 aliphatic heterocycles. The smallest absolute Gasteiger partial charge is 0.0693 e. The van der Waals surface area contributed by atoms with Crippen molar-refractivity contribution in [2.75, 3.05) is 20.3 Å². The zero-order valence-electron chi connectivity index (χ0n) is 7.75. The maximum absolute atomic E-state index is 9.56. The third-order valence-corrected chi connectivity index (χ3v) is 2.44. The molecule has 0 spiro atoms. The highest BCUT2D eigenvalue weighted by Crippen LogP contribution is 2.17. The lowest BCUT2D eigenvalue weighted by atomic mass is 9.93. The van der Waals surface area contributed by atoms with E-state index < -0.39 is 0 Å². The zero-order chi connectivity index (χ0) is 8.81. The van der Waals surface area contributed by atoms with Crippen LogP contribution in [0.4, 0.5) is 0 Å². The van der Waals surface area contributed by atoms with Gasteiger partial charge in [-0.3, -0.25) is 0 Å². The summed E-state index contributed by atoms with van der Waals surface area (Å²) in [6.07, 6.45) is 4.32. The molecule has 3 heteroatoms. The summed E-state index contributed by atoms with van der Waals surface area (Å²) >= 11 is 0. The van der Waals surface area contributed by atoms with Crippen LogP contribution in [-0.2, 0) is 4.74 Å². The average molecular weight is 173 g/mol. The van der Waals surface area contributed by atoms with Gasteiger partial charge in [-0.05, 0) is 12.8 Å². The van der Waals surface area contributed by atoms with E-state index in [0.717, 1.165) is 26.0 Å². The van der Waals surface area contributed by atoms with Gasteiger partial charge in [0.25, 0.3) is 0 Å². The van der Waals surface area contributed by atoms with E-state index in [1.165, 1.54) is 12.8 Å². The first-order valence-electron chi connectivity index (χ1n) is 4.75. The molecule has 1 rings (SSSR count). The highest BCUT2D eigenvalue weighted by atomic mass is 16.5. The van der Waals surface area contributed by atoms with Gasteiger partial charge in [0.1, 0.15) is 0 Å². The second-order valence-electron chi connectivity index (χ2n) is 3.41. The normalized spacial score (nSPS) is 30.5. The summed E-state index contributed by atoms with van der Waals surface area (Å²) in [6, 6.07) is 0.300. The number of aliphatic hydroxyl groups excluding tert-OH is 1. The first-order chi connectivity index (χ1) is 5.84. The fourth-order valence-electron chi connectivity index (χ4n) is 1.70. The first kappa shape index (κ1) is 9.96. The highest BCUT2D eigenvalue weighted by molar-refractivity contribution is 4.79. The fraction of sp³-hybridized carbons (Fsp3) is 1.00. The van der Waals surface area contributed by atoms with Crippen molar-refractivity contribution >= 4 is 0 Å². The molecular weight excluding hydrogens is 154 g/mol. The van der Waals surface area contributed by atoms with Crippen LogP contribution in [0.25, 0.3) is 0 Å². The first-order valence-corrected chi connectivity index (χ1v) is 4.75. The molecule has 3 nitrogen and oxygen atoms in total. The summed E-state index contributed by atoms with van der Waals surface area (Å²) in [7, 11) is 1.69. The van der Waals surface area contributed by atoms with Crippen LogP contribution in [0.3, 0.4) is 0 Å². The van der Waals surface area contributed by atoms with Crippen LogP contribution in [0.15, 0.2) is 0 Å². The van der Waals surface area contributed by atoms with Gasteiger partial charge in [0.2, 0.25) is 0 Å². The largest absolute Gasteiger partial charge is 0.392 e. The van der Waals surface area contributed by atoms with Crippen LogP contribution < -0.4 is 5.32 Å². The van der Waals surface area contributed by atoms with Crippen molar-refractivity contribution < 1.29 is 9.84 Å². The Labute approximate surface area is 74.1 Å². The van der Waals surface area contributed by atoms with Crippen molar-refractivity contribution in [3.8, 4) is 0 Å². The lowest BCUT2D eigenvalue weighted by Gasteiger charge is -2.28. The summed E-state index contributed by atoms with van der Waals surface area (Å²) in [6.45, 7) is 1.57. The Morgan fingerprint density at radius 1 is 1.42 bits per heavy atom. The van der Waals surface area contributed by atoms with Crippen molar-refractivity contribution in [3.05, 3.63) is 0 Å². The van der Waals surface area contributed by atoms with Gasteiger partial charge in [-0.1, -0.05) is 12.8 Å². The molecule has 1 fully saturated rings. The Kier molecular flexibility index (Phi) is 4.58. The Bertz CT molecular complexity index is 119. The molecule has 1 aliphatic carbocycles. The van der Waals surface area contributed by atoms with Gasteiger partial charge in [0, 0.05) is 19.7 Å². The molecule has 0 saturated heterocycles. The van der Waals surface area contributed by atoms with Gasteiger partial charge < -0.3 is 15.2 Å². The van der Waals surface area contributed by atoms with Crippen molar-refractivity contribution in [2.24, 2.45) is 0 Å². The van der Waals surface area contributed by atoms with E-state index in [9.17, 15) is 5.11 Å². The molecule has 2 N–H and O–H groups in total. The van der Waals surface area contributed by atoms with Gasteiger partial charge in [-0.25, -0.2) is 0 Å². The number of rotatable bonds is 4. The second kappa shape index (κ2) is 5.51. The molecule has 2 atom stereocenters. The van der Waals surface area contributed by atoms with Crippen LogP contribution in [0.5, 0.6) is 0 Å². The summed E-state index contributed by atoms with van der Waals surface area (Å²) in [5, 5.41) is 12.9. The molecule has 0 bridgehead atoms. The fourth-order valence-corrected chi connectivity index (χ4v) is 1.70. The maximum atomic E-state index is 9.56. The number of hydrogen-bond donors (Lipinski definition) is 2. The summed E-state index contributed by atoms with van der Waals surface area (Å²) < 4.78 is 4.92. The van der Waals surface area contributed by atoms with Crippen LogP contribution >= 0.6 is 0 Å². The van der Waals surface area contributed by atoms with Crippen molar-refractivity contribution in [2.45, 2.75) is 37.8 Å². The van der Waals surface area contributed by atoms with Gasteiger partial charge in [-0.15, -0.1) is 0 Å².